The smallest absolute Gasteiger partial charge is 0.462 e. The first-order valence-corrected chi connectivity index (χ1v) is 46.2. The molecular weight excluding hydrogens is 1340 g/mol. The van der Waals surface area contributed by atoms with Gasteiger partial charge in [-0.3, -0.25) is 37.3 Å². The van der Waals surface area contributed by atoms with Crippen LogP contribution >= 0.6 is 15.6 Å². The van der Waals surface area contributed by atoms with Crippen LogP contribution in [0.4, 0.5) is 0 Å². The summed E-state index contributed by atoms with van der Waals surface area (Å²) < 4.78 is 68.8. The Labute approximate surface area is 632 Å². The molecule has 17 nitrogen and oxygen atoms in total. The second-order valence-electron chi connectivity index (χ2n) is 32.1. The van der Waals surface area contributed by atoms with Gasteiger partial charge < -0.3 is 33.8 Å². The van der Waals surface area contributed by atoms with E-state index in [2.05, 4.69) is 55.4 Å². The summed E-state index contributed by atoms with van der Waals surface area (Å²) >= 11 is 0. The number of hydrogen-bond donors (Lipinski definition) is 3. The van der Waals surface area contributed by atoms with Crippen molar-refractivity contribution in [3.8, 4) is 0 Å². The zero-order valence-corrected chi connectivity index (χ0v) is 69.7. The van der Waals surface area contributed by atoms with Gasteiger partial charge in [0, 0.05) is 25.7 Å². The van der Waals surface area contributed by atoms with E-state index in [9.17, 15) is 43.2 Å². The summed E-state index contributed by atoms with van der Waals surface area (Å²) in [4.78, 5) is 73.1. The third-order valence-electron chi connectivity index (χ3n) is 19.6. The van der Waals surface area contributed by atoms with Gasteiger partial charge >= 0.3 is 39.5 Å². The normalized spacial score (nSPS) is 14.0. The van der Waals surface area contributed by atoms with E-state index in [1.54, 1.807) is 0 Å². The Kier molecular flexibility index (Phi) is 71.5. The second-order valence-corrected chi connectivity index (χ2v) is 35.0. The minimum Gasteiger partial charge on any atom is -0.462 e. The average Bonchev–Trinajstić information content (AvgIpc) is 0.909. The number of esters is 4. The molecule has 0 aromatic rings. The highest BCUT2D eigenvalue weighted by molar-refractivity contribution is 7.47. The number of phosphoric ester groups is 2. The molecule has 0 spiro atoms. The van der Waals surface area contributed by atoms with Gasteiger partial charge in [0.15, 0.2) is 12.2 Å². The number of phosphoric acid groups is 2. The van der Waals surface area contributed by atoms with Crippen LogP contribution in [0.1, 0.15) is 434 Å². The maximum Gasteiger partial charge on any atom is 0.472 e. The van der Waals surface area contributed by atoms with Gasteiger partial charge in [-0.2, -0.15) is 0 Å². The zero-order valence-electron chi connectivity index (χ0n) is 68.0. The maximum atomic E-state index is 13.1. The summed E-state index contributed by atoms with van der Waals surface area (Å²) in [6.45, 7) is 14.3. The van der Waals surface area contributed by atoms with Gasteiger partial charge in [-0.1, -0.05) is 383 Å². The SMILES string of the molecule is CC(C)CCCCCCCCCCCCCCCCCCCCC(=O)O[C@H](COC(=O)CCCCCCCCCCCCCCCC(C)C)COP(=O)(O)OC[C@@H](O)COP(=O)(O)OC[C@@H](COC(=O)CCCCCCCCCCC(C)C)OC(=O)CCCCCCCCCCCCCCC(C)C. The van der Waals surface area contributed by atoms with Gasteiger partial charge in [-0.15, -0.1) is 0 Å². The molecular formula is C84H164O17P2. The van der Waals surface area contributed by atoms with Crippen molar-refractivity contribution >= 4 is 39.5 Å². The third-order valence-corrected chi connectivity index (χ3v) is 21.5. The van der Waals surface area contributed by atoms with Crippen molar-refractivity contribution in [2.75, 3.05) is 39.6 Å². The quantitative estimate of drug-likeness (QED) is 0.0222. The summed E-state index contributed by atoms with van der Waals surface area (Å²) in [6, 6.07) is 0. The number of carbonyl (C=O) groups excluding carboxylic acids is 4. The molecule has 612 valence electrons. The van der Waals surface area contributed by atoms with Crippen molar-refractivity contribution in [3.63, 3.8) is 0 Å². The van der Waals surface area contributed by atoms with E-state index in [1.807, 2.05) is 0 Å². The molecule has 0 saturated heterocycles. The molecule has 0 fully saturated rings. The maximum absolute atomic E-state index is 13.1. The van der Waals surface area contributed by atoms with Crippen molar-refractivity contribution in [1.29, 1.82) is 0 Å². The van der Waals surface area contributed by atoms with Crippen LogP contribution in [0, 0.1) is 23.7 Å². The number of unbranched alkanes of at least 4 members (excludes halogenated alkanes) is 47. The molecule has 0 heterocycles. The van der Waals surface area contributed by atoms with Crippen molar-refractivity contribution in [3.05, 3.63) is 0 Å². The molecule has 103 heavy (non-hydrogen) atoms. The highest BCUT2D eigenvalue weighted by Crippen LogP contribution is 2.45. The summed E-state index contributed by atoms with van der Waals surface area (Å²) in [5, 5.41) is 10.7. The van der Waals surface area contributed by atoms with Crippen LogP contribution in [0.15, 0.2) is 0 Å². The van der Waals surface area contributed by atoms with Crippen molar-refractivity contribution < 1.29 is 80.2 Å². The first-order valence-electron chi connectivity index (χ1n) is 43.2. The molecule has 0 aromatic heterocycles. The number of ether oxygens (including phenoxy) is 4. The van der Waals surface area contributed by atoms with Crippen LogP contribution in [-0.2, 0) is 65.4 Å². The van der Waals surface area contributed by atoms with Crippen LogP contribution in [0.5, 0.6) is 0 Å². The molecule has 0 rings (SSSR count). The largest absolute Gasteiger partial charge is 0.472 e. The lowest BCUT2D eigenvalue weighted by atomic mass is 10.0. The van der Waals surface area contributed by atoms with Gasteiger partial charge in [0.25, 0.3) is 0 Å². The number of carbonyl (C=O) groups is 4. The summed E-state index contributed by atoms with van der Waals surface area (Å²) in [5.41, 5.74) is 0. The Bertz CT molecular complexity index is 2010. The van der Waals surface area contributed by atoms with E-state index < -0.39 is 97.5 Å². The van der Waals surface area contributed by atoms with Crippen molar-refractivity contribution in [1.82, 2.24) is 0 Å². The van der Waals surface area contributed by atoms with Crippen molar-refractivity contribution in [2.45, 2.75) is 453 Å². The predicted molar refractivity (Wildman–Crippen MR) is 423 cm³/mol. The lowest BCUT2D eigenvalue weighted by Gasteiger charge is -2.21. The minimum absolute atomic E-state index is 0.106. The Balaban J connectivity index is 5.24. The van der Waals surface area contributed by atoms with Crippen LogP contribution in [0.3, 0.4) is 0 Å². The molecule has 0 aliphatic rings. The molecule has 5 atom stereocenters. The standard InChI is InChI=1S/C84H164O17P2/c1-74(2)60-52-44-36-28-22-16-13-11-9-10-12-14-18-26-32-42-50-58-66-83(88)100-79(70-94-81(86)64-56-48-40-31-25-19-15-17-23-29-37-45-53-61-75(3)4)72-98-102(90,91)96-68-78(85)69-97-103(92,93)99-73-80(71-95-82(87)65-57-49-41-35-34-39-47-55-63-77(7)8)101-84(89)67-59-51-43-33-27-21-20-24-30-38-46-54-62-76(5)6/h74-80,85H,9-73H2,1-8H3,(H,90,91)(H,92,93)/t78-,79-,80-/m1/s1. The predicted octanol–water partition coefficient (Wildman–Crippen LogP) is 25.2. The first-order chi connectivity index (χ1) is 49.6. The lowest BCUT2D eigenvalue weighted by molar-refractivity contribution is -0.161. The van der Waals surface area contributed by atoms with Gasteiger partial charge in [0.1, 0.15) is 19.3 Å². The number of rotatable bonds is 81. The molecule has 0 aliphatic carbocycles. The highest BCUT2D eigenvalue weighted by Gasteiger charge is 2.30. The average molecular weight is 1510 g/mol. The Hall–Kier alpha value is -1.94. The topological polar surface area (TPSA) is 237 Å². The lowest BCUT2D eigenvalue weighted by Crippen LogP contribution is -2.30. The fraction of sp³-hybridized carbons (Fsp3) is 0.952. The van der Waals surface area contributed by atoms with Crippen LogP contribution < -0.4 is 0 Å². The summed E-state index contributed by atoms with van der Waals surface area (Å²) in [6.07, 6.45) is 61.1. The van der Waals surface area contributed by atoms with Crippen LogP contribution in [-0.4, -0.2) is 96.7 Å². The molecule has 3 N–H and O–H groups in total. The molecule has 0 aliphatic heterocycles. The Morgan fingerprint density at radius 2 is 0.408 bits per heavy atom. The van der Waals surface area contributed by atoms with Crippen LogP contribution in [0.2, 0.25) is 0 Å². The highest BCUT2D eigenvalue weighted by atomic mass is 31.2. The van der Waals surface area contributed by atoms with Gasteiger partial charge in [0.05, 0.1) is 26.4 Å². The molecule has 2 unspecified atom stereocenters. The van der Waals surface area contributed by atoms with Crippen LogP contribution in [0.25, 0.3) is 0 Å². The van der Waals surface area contributed by atoms with Gasteiger partial charge in [-0.05, 0) is 49.4 Å². The van der Waals surface area contributed by atoms with Crippen molar-refractivity contribution in [2.24, 2.45) is 23.7 Å². The minimum atomic E-state index is -4.97. The molecule has 0 radical (unpaired) electrons. The second kappa shape index (κ2) is 72.9. The van der Waals surface area contributed by atoms with E-state index in [4.69, 9.17) is 37.0 Å². The summed E-state index contributed by atoms with van der Waals surface area (Å²) in [5.74, 6) is 1.00. The molecule has 0 bridgehead atoms. The number of aliphatic hydroxyl groups is 1. The van der Waals surface area contributed by atoms with Gasteiger partial charge in [-0.25, -0.2) is 9.13 Å². The fourth-order valence-corrected chi connectivity index (χ4v) is 14.5. The monoisotopic (exact) mass is 1510 g/mol. The Morgan fingerprint density at radius 1 is 0.243 bits per heavy atom. The van der Waals surface area contributed by atoms with E-state index in [1.165, 1.54) is 238 Å². The fourth-order valence-electron chi connectivity index (χ4n) is 13.0. The molecule has 0 aromatic carbocycles. The van der Waals surface area contributed by atoms with Gasteiger partial charge in [0.2, 0.25) is 0 Å². The summed E-state index contributed by atoms with van der Waals surface area (Å²) in [7, 11) is -9.93. The number of aliphatic hydroxyl groups excluding tert-OH is 1. The zero-order chi connectivity index (χ0) is 76.0. The van der Waals surface area contributed by atoms with E-state index >= 15 is 0 Å². The third kappa shape index (κ3) is 78.0. The number of hydrogen-bond acceptors (Lipinski definition) is 15. The molecule has 0 saturated carbocycles. The van der Waals surface area contributed by atoms with E-state index in [0.717, 1.165) is 114 Å². The Morgan fingerprint density at radius 3 is 0.602 bits per heavy atom. The van der Waals surface area contributed by atoms with E-state index in [0.29, 0.717) is 25.7 Å². The molecule has 19 heteroatoms. The first kappa shape index (κ1) is 101. The van der Waals surface area contributed by atoms with E-state index in [-0.39, 0.29) is 25.7 Å². The molecule has 0 amide bonds.